The highest BCUT2D eigenvalue weighted by molar-refractivity contribution is 7.99. The van der Waals surface area contributed by atoms with Crippen LogP contribution in [0.2, 0.25) is 0 Å². The fourth-order valence-electron chi connectivity index (χ4n) is 3.93. The number of thioether (sulfide) groups is 1. The molecule has 2 aromatic carbocycles. The zero-order chi connectivity index (χ0) is 21.5. The molecular formula is C22H18N2O5S2. The fourth-order valence-corrected chi connectivity index (χ4v) is 6.60. The third-order valence-corrected chi connectivity index (χ3v) is 7.83. The molecule has 0 bridgehead atoms. The summed E-state index contributed by atoms with van der Waals surface area (Å²) in [5.74, 6) is 0.602. The number of aromatic nitrogens is 1. The predicted molar refractivity (Wildman–Crippen MR) is 118 cm³/mol. The molecule has 0 spiro atoms. The number of benzene rings is 2. The van der Waals surface area contributed by atoms with E-state index >= 15 is 0 Å². The number of methoxy groups -OCH3 is 1. The molecule has 158 valence electrons. The number of amides is 1. The summed E-state index contributed by atoms with van der Waals surface area (Å²) in [7, 11) is 1.58. The minimum atomic E-state index is -0.341. The first-order valence-electron chi connectivity index (χ1n) is 9.66. The van der Waals surface area contributed by atoms with Gasteiger partial charge in [-0.05, 0) is 30.3 Å². The summed E-state index contributed by atoms with van der Waals surface area (Å²) in [5.41, 5.74) is 1.53. The molecule has 1 N–H and O–H groups in total. The molecule has 0 saturated carbocycles. The first-order chi connectivity index (χ1) is 15.0. The molecule has 2 aliphatic rings. The molecular weight excluding hydrogens is 436 g/mol. The Balaban J connectivity index is 1.44. The van der Waals surface area contributed by atoms with Crippen molar-refractivity contribution in [3.05, 3.63) is 68.6 Å². The van der Waals surface area contributed by atoms with Gasteiger partial charge in [0.2, 0.25) is 5.91 Å². The van der Waals surface area contributed by atoms with Crippen molar-refractivity contribution in [1.82, 2.24) is 4.57 Å². The van der Waals surface area contributed by atoms with E-state index in [1.165, 1.54) is 16.3 Å². The van der Waals surface area contributed by atoms with Crippen LogP contribution in [0.25, 0.3) is 0 Å². The number of nitrogens with one attached hydrogen (secondary N) is 1. The van der Waals surface area contributed by atoms with Crippen molar-refractivity contribution in [3.8, 4) is 11.5 Å². The molecule has 2 aliphatic heterocycles. The number of para-hydroxylation sites is 1. The molecule has 3 heterocycles. The summed E-state index contributed by atoms with van der Waals surface area (Å²) in [6, 6.07) is 14.4. The molecule has 3 aromatic rings. The molecule has 7 nitrogen and oxygen atoms in total. The van der Waals surface area contributed by atoms with E-state index in [2.05, 4.69) is 5.32 Å². The Bertz CT molecular complexity index is 1230. The minimum absolute atomic E-state index is 0.0901. The van der Waals surface area contributed by atoms with Crippen molar-refractivity contribution in [2.45, 2.75) is 17.5 Å². The first kappa shape index (κ1) is 19.9. The van der Waals surface area contributed by atoms with Gasteiger partial charge in [-0.3, -0.25) is 19.0 Å². The maximum Gasteiger partial charge on any atom is 0.316 e. The maximum atomic E-state index is 12.8. The van der Waals surface area contributed by atoms with Gasteiger partial charge >= 0.3 is 10.8 Å². The van der Waals surface area contributed by atoms with E-state index in [0.29, 0.717) is 22.9 Å². The van der Waals surface area contributed by atoms with Gasteiger partial charge in [0.05, 0.1) is 18.1 Å². The van der Waals surface area contributed by atoms with Gasteiger partial charge in [0.1, 0.15) is 18.0 Å². The van der Waals surface area contributed by atoms with Crippen LogP contribution in [-0.2, 0) is 16.1 Å². The SMILES string of the molecule is COc1ccc(NC(=O)Cn2c3c(sc2=O)C2c4ccccc4OC(=O)C2CS3)cc1. The van der Waals surface area contributed by atoms with Gasteiger partial charge in [-0.2, -0.15) is 0 Å². The molecule has 0 radical (unpaired) electrons. The van der Waals surface area contributed by atoms with E-state index in [1.54, 1.807) is 37.4 Å². The van der Waals surface area contributed by atoms with Crippen molar-refractivity contribution in [2.24, 2.45) is 5.92 Å². The molecule has 1 amide bonds. The van der Waals surface area contributed by atoms with Gasteiger partial charge in [0.25, 0.3) is 0 Å². The van der Waals surface area contributed by atoms with E-state index < -0.39 is 0 Å². The maximum absolute atomic E-state index is 12.8. The standard InChI is InChI=1S/C22H18N2O5S2/c1-28-13-8-6-12(7-9-13)23-17(25)10-24-20-19(31-22(24)27)18-14-4-2-3-5-16(14)29-21(26)15(18)11-30-20/h2-9,15,18H,10-11H2,1H3,(H,23,25). The second-order valence-corrected chi connectivity index (χ2v) is 9.26. The number of fused-ring (bicyclic) bond motifs is 5. The molecule has 5 rings (SSSR count). The topological polar surface area (TPSA) is 86.6 Å². The van der Waals surface area contributed by atoms with E-state index in [-0.39, 0.29) is 35.1 Å². The Kier molecular flexibility index (Phi) is 5.07. The molecule has 9 heteroatoms. The molecule has 31 heavy (non-hydrogen) atoms. The summed E-state index contributed by atoms with van der Waals surface area (Å²) in [5, 5.41) is 3.57. The van der Waals surface area contributed by atoms with Crippen LogP contribution < -0.4 is 19.7 Å². The summed E-state index contributed by atoms with van der Waals surface area (Å²) < 4.78 is 12.1. The highest BCUT2D eigenvalue weighted by atomic mass is 32.2. The van der Waals surface area contributed by atoms with Gasteiger partial charge in [-0.1, -0.05) is 29.5 Å². The average Bonchev–Trinajstić information content (AvgIpc) is 3.09. The molecule has 0 fully saturated rings. The van der Waals surface area contributed by atoms with E-state index in [1.807, 2.05) is 18.2 Å². The van der Waals surface area contributed by atoms with Crippen LogP contribution in [0.4, 0.5) is 5.69 Å². The molecule has 0 saturated heterocycles. The lowest BCUT2D eigenvalue weighted by Crippen LogP contribution is -2.36. The zero-order valence-electron chi connectivity index (χ0n) is 16.5. The van der Waals surface area contributed by atoms with E-state index in [0.717, 1.165) is 26.8 Å². The summed E-state index contributed by atoms with van der Waals surface area (Å²) in [6.07, 6.45) is 0. The second-order valence-electron chi connectivity index (χ2n) is 7.25. The van der Waals surface area contributed by atoms with Gasteiger partial charge < -0.3 is 14.8 Å². The molecule has 1 aromatic heterocycles. The lowest BCUT2D eigenvalue weighted by Gasteiger charge is -2.34. The van der Waals surface area contributed by atoms with Crippen LogP contribution in [0.5, 0.6) is 11.5 Å². The second kappa shape index (κ2) is 7.90. The monoisotopic (exact) mass is 454 g/mol. The number of esters is 1. The lowest BCUT2D eigenvalue weighted by molar-refractivity contribution is -0.140. The Morgan fingerprint density at radius 2 is 1.97 bits per heavy atom. The number of carbonyl (C=O) groups is 2. The smallest absolute Gasteiger partial charge is 0.316 e. The molecule has 2 atom stereocenters. The number of carbonyl (C=O) groups excluding carboxylic acids is 2. The van der Waals surface area contributed by atoms with Crippen LogP contribution in [0.3, 0.4) is 0 Å². The van der Waals surface area contributed by atoms with Crippen molar-refractivity contribution < 1.29 is 19.1 Å². The first-order valence-corrected chi connectivity index (χ1v) is 11.5. The summed E-state index contributed by atoms with van der Waals surface area (Å²) in [4.78, 5) is 38.6. The van der Waals surface area contributed by atoms with E-state index in [4.69, 9.17) is 9.47 Å². The lowest BCUT2D eigenvalue weighted by atomic mass is 9.83. The van der Waals surface area contributed by atoms with Gasteiger partial charge in [0, 0.05) is 27.8 Å². The molecule has 2 unspecified atom stereocenters. The van der Waals surface area contributed by atoms with Gasteiger partial charge in [-0.25, -0.2) is 0 Å². The third-order valence-electron chi connectivity index (χ3n) is 5.40. The quantitative estimate of drug-likeness (QED) is 0.481. The Morgan fingerprint density at radius 1 is 1.19 bits per heavy atom. The summed E-state index contributed by atoms with van der Waals surface area (Å²) in [6.45, 7) is -0.0901. The Labute approximate surface area is 186 Å². The van der Waals surface area contributed by atoms with Crippen LogP contribution in [0.1, 0.15) is 16.4 Å². The van der Waals surface area contributed by atoms with Crippen LogP contribution in [0.15, 0.2) is 58.4 Å². The van der Waals surface area contributed by atoms with Crippen molar-refractivity contribution >= 4 is 40.7 Å². The normalized spacial score (nSPS) is 18.9. The van der Waals surface area contributed by atoms with Crippen LogP contribution in [-0.4, -0.2) is 29.3 Å². The third kappa shape index (κ3) is 3.53. The number of nitrogens with zero attached hydrogens (tertiary/aromatic N) is 1. The number of thiazole rings is 1. The number of hydrogen-bond donors (Lipinski definition) is 1. The minimum Gasteiger partial charge on any atom is -0.497 e. The van der Waals surface area contributed by atoms with Crippen LogP contribution >= 0.6 is 23.1 Å². The number of hydrogen-bond acceptors (Lipinski definition) is 7. The zero-order valence-corrected chi connectivity index (χ0v) is 18.1. The van der Waals surface area contributed by atoms with E-state index in [9.17, 15) is 14.4 Å². The predicted octanol–water partition coefficient (Wildman–Crippen LogP) is 3.33. The summed E-state index contributed by atoms with van der Waals surface area (Å²) >= 11 is 2.53. The van der Waals surface area contributed by atoms with Gasteiger partial charge in [-0.15, -0.1) is 11.8 Å². The average molecular weight is 455 g/mol. The Morgan fingerprint density at radius 3 is 2.74 bits per heavy atom. The fraction of sp³-hybridized carbons (Fsp3) is 0.227. The highest BCUT2D eigenvalue weighted by Crippen LogP contribution is 2.50. The van der Waals surface area contributed by atoms with Gasteiger partial charge in [0.15, 0.2) is 0 Å². The van der Waals surface area contributed by atoms with Crippen molar-refractivity contribution in [2.75, 3.05) is 18.2 Å². The number of ether oxygens (including phenoxy) is 2. The Hall–Kier alpha value is -3.04. The number of anilines is 1. The highest BCUT2D eigenvalue weighted by Gasteiger charge is 2.44. The van der Waals surface area contributed by atoms with Crippen molar-refractivity contribution in [3.63, 3.8) is 0 Å². The largest absolute Gasteiger partial charge is 0.497 e. The van der Waals surface area contributed by atoms with Crippen LogP contribution in [0, 0.1) is 5.92 Å². The molecule has 0 aliphatic carbocycles. The number of rotatable bonds is 4. The van der Waals surface area contributed by atoms with Crippen molar-refractivity contribution in [1.29, 1.82) is 0 Å².